The minimum absolute atomic E-state index is 0.148. The maximum Gasteiger partial charge on any atom is 0.416 e. The Kier molecular flexibility index (Phi) is 4.88. The Balaban J connectivity index is 1.64. The van der Waals surface area contributed by atoms with Gasteiger partial charge >= 0.3 is 6.18 Å². The monoisotopic (exact) mass is 409 g/mol. The molecule has 1 aromatic rings. The quantitative estimate of drug-likeness (QED) is 0.779. The van der Waals surface area contributed by atoms with Crippen LogP contribution in [-0.2, 0) is 20.6 Å². The first-order chi connectivity index (χ1) is 13.7. The van der Waals surface area contributed by atoms with E-state index in [4.69, 9.17) is 0 Å². The SMILES string of the molecule is O=C1NCCN(CN2C(=O)CC3(CCCC3)C2=O)C1c1ccccc1C(F)(F)F. The number of alkyl halides is 3. The fraction of sp³-hybridized carbons (Fsp3) is 0.550. The number of nitrogens with one attached hydrogen (secondary N) is 1. The van der Waals surface area contributed by atoms with Crippen molar-refractivity contribution in [2.24, 2.45) is 5.41 Å². The lowest BCUT2D eigenvalue weighted by atomic mass is 9.84. The second kappa shape index (κ2) is 7.12. The summed E-state index contributed by atoms with van der Waals surface area (Å²) in [6, 6.07) is 3.72. The van der Waals surface area contributed by atoms with Crippen LogP contribution in [0.2, 0.25) is 0 Å². The molecule has 1 spiro atoms. The van der Waals surface area contributed by atoms with Crippen LogP contribution in [0.5, 0.6) is 0 Å². The number of rotatable bonds is 3. The third-order valence-electron chi connectivity index (χ3n) is 6.25. The van der Waals surface area contributed by atoms with Gasteiger partial charge in [-0.2, -0.15) is 13.2 Å². The van der Waals surface area contributed by atoms with E-state index < -0.39 is 29.1 Å². The molecular formula is C20H22F3N3O3. The summed E-state index contributed by atoms with van der Waals surface area (Å²) in [6.45, 7) is 0.307. The number of hydrogen-bond acceptors (Lipinski definition) is 4. The first-order valence-electron chi connectivity index (χ1n) is 9.76. The van der Waals surface area contributed by atoms with Crippen molar-refractivity contribution in [1.82, 2.24) is 15.1 Å². The van der Waals surface area contributed by atoms with Gasteiger partial charge in [-0.1, -0.05) is 31.0 Å². The molecule has 156 valence electrons. The van der Waals surface area contributed by atoms with Gasteiger partial charge in [0, 0.05) is 19.5 Å². The van der Waals surface area contributed by atoms with E-state index >= 15 is 0 Å². The van der Waals surface area contributed by atoms with Gasteiger partial charge in [0.1, 0.15) is 6.04 Å². The molecule has 4 rings (SSSR count). The van der Waals surface area contributed by atoms with Crippen molar-refractivity contribution in [3.05, 3.63) is 35.4 Å². The van der Waals surface area contributed by atoms with E-state index in [1.807, 2.05) is 0 Å². The minimum atomic E-state index is -4.62. The highest BCUT2D eigenvalue weighted by Gasteiger charge is 2.53. The fourth-order valence-corrected chi connectivity index (χ4v) is 4.83. The summed E-state index contributed by atoms with van der Waals surface area (Å²) in [5, 5.41) is 2.60. The molecular weight excluding hydrogens is 387 g/mol. The lowest BCUT2D eigenvalue weighted by Gasteiger charge is -2.38. The Bertz CT molecular complexity index is 849. The summed E-state index contributed by atoms with van der Waals surface area (Å²) in [4.78, 5) is 40.7. The predicted molar refractivity (Wildman–Crippen MR) is 96.1 cm³/mol. The highest BCUT2D eigenvalue weighted by molar-refractivity contribution is 6.06. The number of likely N-dealkylation sites (tertiary alicyclic amines) is 1. The molecule has 1 N–H and O–H groups in total. The number of carbonyl (C=O) groups excluding carboxylic acids is 3. The number of imide groups is 1. The summed E-state index contributed by atoms with van der Waals surface area (Å²) < 4.78 is 40.6. The third kappa shape index (κ3) is 3.41. The first-order valence-corrected chi connectivity index (χ1v) is 9.76. The molecule has 0 aromatic heterocycles. The average Bonchev–Trinajstić information content (AvgIpc) is 3.22. The van der Waals surface area contributed by atoms with E-state index in [-0.39, 0.29) is 43.6 Å². The minimum Gasteiger partial charge on any atom is -0.353 e. The van der Waals surface area contributed by atoms with Crippen LogP contribution in [0.1, 0.15) is 49.3 Å². The van der Waals surface area contributed by atoms with Crippen LogP contribution < -0.4 is 5.32 Å². The van der Waals surface area contributed by atoms with E-state index in [0.29, 0.717) is 12.8 Å². The van der Waals surface area contributed by atoms with Crippen LogP contribution in [0.3, 0.4) is 0 Å². The Morgan fingerprint density at radius 2 is 1.79 bits per heavy atom. The molecule has 3 amide bonds. The van der Waals surface area contributed by atoms with Crippen LogP contribution in [0.15, 0.2) is 24.3 Å². The number of piperazine rings is 1. The van der Waals surface area contributed by atoms with Crippen LogP contribution in [-0.4, -0.2) is 47.3 Å². The van der Waals surface area contributed by atoms with Crippen LogP contribution >= 0.6 is 0 Å². The molecule has 2 saturated heterocycles. The molecule has 1 saturated carbocycles. The van der Waals surface area contributed by atoms with Gasteiger partial charge < -0.3 is 5.32 Å². The van der Waals surface area contributed by atoms with Crippen LogP contribution in [0.25, 0.3) is 0 Å². The van der Waals surface area contributed by atoms with E-state index in [1.54, 1.807) is 0 Å². The molecule has 9 heteroatoms. The second-order valence-electron chi connectivity index (χ2n) is 8.02. The predicted octanol–water partition coefficient (Wildman–Crippen LogP) is 2.46. The summed E-state index contributed by atoms with van der Waals surface area (Å²) in [5.74, 6) is -1.14. The molecule has 1 unspecified atom stereocenters. The van der Waals surface area contributed by atoms with E-state index in [2.05, 4.69) is 5.32 Å². The summed E-state index contributed by atoms with van der Waals surface area (Å²) in [7, 11) is 0. The van der Waals surface area contributed by atoms with Crippen molar-refractivity contribution in [2.45, 2.75) is 44.3 Å². The van der Waals surface area contributed by atoms with E-state index in [9.17, 15) is 27.6 Å². The normalized spacial score (nSPS) is 25.1. The van der Waals surface area contributed by atoms with Gasteiger partial charge in [-0.3, -0.25) is 24.2 Å². The number of nitrogens with zero attached hydrogens (tertiary/aromatic N) is 2. The van der Waals surface area contributed by atoms with Crippen molar-refractivity contribution in [2.75, 3.05) is 19.8 Å². The van der Waals surface area contributed by atoms with Crippen molar-refractivity contribution in [3.8, 4) is 0 Å². The number of halogens is 3. The van der Waals surface area contributed by atoms with Gasteiger partial charge in [-0.15, -0.1) is 0 Å². The first kappa shape index (κ1) is 19.9. The molecule has 1 atom stereocenters. The standard InChI is InChI=1S/C20H22F3N3O3/c21-20(22,23)14-6-2-1-5-13(14)16-17(28)24-9-10-25(16)12-26-15(27)11-19(18(26)29)7-3-4-8-19/h1-2,5-6,16H,3-4,7-12H2,(H,24,28). The van der Waals surface area contributed by atoms with Gasteiger partial charge in [0.25, 0.3) is 0 Å². The maximum absolute atomic E-state index is 13.5. The van der Waals surface area contributed by atoms with Gasteiger partial charge in [0.05, 0.1) is 17.6 Å². The second-order valence-corrected chi connectivity index (χ2v) is 8.02. The molecule has 0 radical (unpaired) electrons. The zero-order chi connectivity index (χ0) is 20.8. The Labute approximate surface area is 166 Å². The van der Waals surface area contributed by atoms with E-state index in [1.165, 1.54) is 23.1 Å². The number of hydrogen-bond donors (Lipinski definition) is 1. The molecule has 1 aliphatic carbocycles. The highest BCUT2D eigenvalue weighted by atomic mass is 19.4. The zero-order valence-corrected chi connectivity index (χ0v) is 15.8. The van der Waals surface area contributed by atoms with Crippen molar-refractivity contribution >= 4 is 17.7 Å². The van der Waals surface area contributed by atoms with Gasteiger partial charge in [0.15, 0.2) is 0 Å². The largest absolute Gasteiger partial charge is 0.416 e. The topological polar surface area (TPSA) is 69.7 Å². The number of carbonyl (C=O) groups is 3. The summed E-state index contributed by atoms with van der Waals surface area (Å²) in [6.07, 6.45) is -1.37. The van der Waals surface area contributed by atoms with Crippen molar-refractivity contribution in [1.29, 1.82) is 0 Å². The molecule has 1 aromatic carbocycles. The lowest BCUT2D eigenvalue weighted by Crippen LogP contribution is -2.54. The summed E-state index contributed by atoms with van der Waals surface area (Å²) >= 11 is 0. The van der Waals surface area contributed by atoms with Crippen molar-refractivity contribution in [3.63, 3.8) is 0 Å². The maximum atomic E-state index is 13.5. The molecule has 29 heavy (non-hydrogen) atoms. The molecule has 2 aliphatic heterocycles. The highest BCUT2D eigenvalue weighted by Crippen LogP contribution is 2.47. The molecule has 3 fully saturated rings. The van der Waals surface area contributed by atoms with E-state index in [0.717, 1.165) is 23.8 Å². The Morgan fingerprint density at radius 3 is 2.48 bits per heavy atom. The summed E-state index contributed by atoms with van der Waals surface area (Å²) in [5.41, 5.74) is -1.72. The van der Waals surface area contributed by atoms with Gasteiger partial charge in [-0.25, -0.2) is 0 Å². The average molecular weight is 409 g/mol. The number of amides is 3. The number of benzene rings is 1. The molecule has 0 bridgehead atoms. The molecule has 6 nitrogen and oxygen atoms in total. The molecule has 2 heterocycles. The van der Waals surface area contributed by atoms with Crippen molar-refractivity contribution < 1.29 is 27.6 Å². The van der Waals surface area contributed by atoms with Gasteiger partial charge in [0.2, 0.25) is 17.7 Å². The lowest BCUT2D eigenvalue weighted by molar-refractivity contribution is -0.148. The van der Waals surface area contributed by atoms with Crippen LogP contribution in [0.4, 0.5) is 13.2 Å². The fourth-order valence-electron chi connectivity index (χ4n) is 4.83. The Hall–Kier alpha value is -2.42. The van der Waals surface area contributed by atoms with Gasteiger partial charge in [-0.05, 0) is 24.5 Å². The third-order valence-corrected chi connectivity index (χ3v) is 6.25. The smallest absolute Gasteiger partial charge is 0.353 e. The van der Waals surface area contributed by atoms with Crippen LogP contribution in [0, 0.1) is 5.41 Å². The zero-order valence-electron chi connectivity index (χ0n) is 15.8. The Morgan fingerprint density at radius 1 is 1.10 bits per heavy atom. The molecule has 3 aliphatic rings.